The van der Waals surface area contributed by atoms with Crippen LogP contribution in [-0.2, 0) is 0 Å². The summed E-state index contributed by atoms with van der Waals surface area (Å²) in [7, 11) is 0. The van der Waals surface area contributed by atoms with Gasteiger partial charge in [0.05, 0.1) is 17.3 Å². The molecule has 4 rings (SSSR count). The van der Waals surface area contributed by atoms with Crippen LogP contribution >= 0.6 is 0 Å². The number of nitrogens with zero attached hydrogens (tertiary/aromatic N) is 4. The number of fused-ring (bicyclic) bond motifs is 1. The minimum Gasteiger partial charge on any atom is -0.339 e. The molecule has 2 heterocycles. The van der Waals surface area contributed by atoms with Crippen molar-refractivity contribution in [2.45, 2.75) is 27.7 Å². The molecule has 0 aliphatic carbocycles. The molecule has 0 bridgehead atoms. The second kappa shape index (κ2) is 6.26. The minimum atomic E-state index is 0.764. The average Bonchev–Trinajstić information content (AvgIpc) is 3.03. The molecule has 0 spiro atoms. The zero-order valence-electron chi connectivity index (χ0n) is 15.4. The van der Waals surface area contributed by atoms with Gasteiger partial charge >= 0.3 is 0 Å². The zero-order valence-corrected chi connectivity index (χ0v) is 15.4. The lowest BCUT2D eigenvalue weighted by atomic mass is 10.1. The number of aromatic nitrogens is 4. The van der Waals surface area contributed by atoms with Crippen LogP contribution in [0.25, 0.3) is 16.7 Å². The molecule has 5 nitrogen and oxygen atoms in total. The van der Waals surface area contributed by atoms with E-state index in [1.54, 1.807) is 6.33 Å². The number of hydrogen-bond donors (Lipinski definition) is 1. The Kier molecular flexibility index (Phi) is 3.92. The van der Waals surface area contributed by atoms with Gasteiger partial charge in [0.25, 0.3) is 0 Å². The fourth-order valence-electron chi connectivity index (χ4n) is 3.16. The molecule has 1 N–H and O–H groups in total. The number of rotatable bonds is 3. The summed E-state index contributed by atoms with van der Waals surface area (Å²) in [6.45, 7) is 8.34. The lowest BCUT2D eigenvalue weighted by molar-refractivity contribution is 0.886. The first kappa shape index (κ1) is 16.3. The predicted octanol–water partition coefficient (Wildman–Crippen LogP) is 4.79. The van der Waals surface area contributed by atoms with Gasteiger partial charge < -0.3 is 5.32 Å². The van der Waals surface area contributed by atoms with Gasteiger partial charge in [0.1, 0.15) is 12.1 Å². The number of benzene rings is 2. The highest BCUT2D eigenvalue weighted by atomic mass is 15.3. The van der Waals surface area contributed by atoms with Crippen molar-refractivity contribution >= 4 is 22.5 Å². The maximum atomic E-state index is 4.57. The fraction of sp³-hybridized carbons (Fsp3) is 0.190. The normalized spacial score (nSPS) is 11.1. The quantitative estimate of drug-likeness (QED) is 0.581. The van der Waals surface area contributed by atoms with E-state index in [-0.39, 0.29) is 0 Å². The molecule has 4 aromatic rings. The zero-order chi connectivity index (χ0) is 18.3. The van der Waals surface area contributed by atoms with E-state index in [4.69, 9.17) is 0 Å². The summed E-state index contributed by atoms with van der Waals surface area (Å²) >= 11 is 0. The summed E-state index contributed by atoms with van der Waals surface area (Å²) in [6, 6.07) is 12.7. The topological polar surface area (TPSA) is 55.6 Å². The molecule has 0 fully saturated rings. The van der Waals surface area contributed by atoms with Crippen molar-refractivity contribution in [1.29, 1.82) is 0 Å². The summed E-state index contributed by atoms with van der Waals surface area (Å²) < 4.78 is 1.88. The minimum absolute atomic E-state index is 0.764. The van der Waals surface area contributed by atoms with Crippen LogP contribution < -0.4 is 5.32 Å². The Bertz CT molecular complexity index is 1110. The largest absolute Gasteiger partial charge is 0.339 e. The van der Waals surface area contributed by atoms with Crippen molar-refractivity contribution < 1.29 is 0 Å². The highest BCUT2D eigenvalue weighted by Gasteiger charge is 2.13. The van der Waals surface area contributed by atoms with Crippen LogP contribution in [-0.4, -0.2) is 19.7 Å². The maximum absolute atomic E-state index is 4.57. The maximum Gasteiger partial charge on any atom is 0.168 e. The Balaban J connectivity index is 1.81. The van der Waals surface area contributed by atoms with Crippen LogP contribution in [0.2, 0.25) is 0 Å². The van der Waals surface area contributed by atoms with Gasteiger partial charge in [0, 0.05) is 5.69 Å². The van der Waals surface area contributed by atoms with Gasteiger partial charge in [-0.05, 0) is 56.5 Å². The van der Waals surface area contributed by atoms with Crippen molar-refractivity contribution in [1.82, 2.24) is 19.7 Å². The van der Waals surface area contributed by atoms with E-state index in [1.807, 2.05) is 10.9 Å². The van der Waals surface area contributed by atoms with Crippen molar-refractivity contribution in [3.05, 3.63) is 71.2 Å². The lowest BCUT2D eigenvalue weighted by Crippen LogP contribution is -2.02. The molecule has 0 amide bonds. The Morgan fingerprint density at radius 2 is 1.62 bits per heavy atom. The van der Waals surface area contributed by atoms with Gasteiger partial charge in [-0.1, -0.05) is 29.8 Å². The Morgan fingerprint density at radius 1 is 0.846 bits per heavy atom. The molecule has 5 heteroatoms. The number of nitrogens with one attached hydrogen (secondary N) is 1. The van der Waals surface area contributed by atoms with E-state index in [2.05, 4.69) is 84.5 Å². The van der Waals surface area contributed by atoms with Gasteiger partial charge in [-0.15, -0.1) is 0 Å². The summed E-state index contributed by atoms with van der Waals surface area (Å²) in [6.07, 6.45) is 3.40. The molecule has 0 atom stereocenters. The van der Waals surface area contributed by atoms with Crippen molar-refractivity contribution in [3.63, 3.8) is 0 Å². The number of hydrogen-bond acceptors (Lipinski definition) is 4. The summed E-state index contributed by atoms with van der Waals surface area (Å²) in [5, 5.41) is 8.91. The molecular formula is C21H21N5. The first-order valence-electron chi connectivity index (χ1n) is 8.63. The molecule has 130 valence electrons. The van der Waals surface area contributed by atoms with Crippen molar-refractivity contribution in [3.8, 4) is 5.69 Å². The third-order valence-corrected chi connectivity index (χ3v) is 4.59. The molecule has 26 heavy (non-hydrogen) atoms. The van der Waals surface area contributed by atoms with Gasteiger partial charge in [-0.25, -0.2) is 14.6 Å². The van der Waals surface area contributed by atoms with Gasteiger partial charge in [-0.3, -0.25) is 0 Å². The number of anilines is 2. The monoisotopic (exact) mass is 343 g/mol. The van der Waals surface area contributed by atoms with E-state index in [9.17, 15) is 0 Å². The van der Waals surface area contributed by atoms with E-state index >= 15 is 0 Å². The molecule has 0 saturated heterocycles. The second-order valence-corrected chi connectivity index (χ2v) is 6.75. The van der Waals surface area contributed by atoms with Gasteiger partial charge in [0.15, 0.2) is 5.65 Å². The molecule has 0 radical (unpaired) electrons. The predicted molar refractivity (Wildman–Crippen MR) is 105 cm³/mol. The fourth-order valence-corrected chi connectivity index (χ4v) is 3.16. The molecule has 0 saturated carbocycles. The Hall–Kier alpha value is -3.21. The van der Waals surface area contributed by atoms with Gasteiger partial charge in [-0.2, -0.15) is 5.10 Å². The summed E-state index contributed by atoms with van der Waals surface area (Å²) in [5.41, 5.74) is 7.64. The van der Waals surface area contributed by atoms with Crippen LogP contribution in [0.4, 0.5) is 11.5 Å². The second-order valence-electron chi connectivity index (χ2n) is 6.75. The standard InChI is InChI=1S/C21H21N5/c1-13-6-8-19(16(4)9-13)26-21-17(11-24-26)20(22-12-23-21)25-18-10-14(2)5-7-15(18)3/h5-12H,1-4H3,(H,22,23,25). The summed E-state index contributed by atoms with van der Waals surface area (Å²) in [5.74, 6) is 0.764. The van der Waals surface area contributed by atoms with Crippen LogP contribution in [0.1, 0.15) is 22.3 Å². The third kappa shape index (κ3) is 2.81. The molecule has 0 aliphatic heterocycles. The first-order valence-corrected chi connectivity index (χ1v) is 8.63. The first-order chi connectivity index (χ1) is 12.5. The van der Waals surface area contributed by atoms with Crippen molar-refractivity contribution in [2.75, 3.05) is 5.32 Å². The van der Waals surface area contributed by atoms with E-state index in [0.717, 1.165) is 33.8 Å². The molecule has 0 aliphatic rings. The molecule has 0 unspecified atom stereocenters. The van der Waals surface area contributed by atoms with Crippen LogP contribution in [0, 0.1) is 27.7 Å². The van der Waals surface area contributed by atoms with E-state index in [1.165, 1.54) is 16.7 Å². The highest BCUT2D eigenvalue weighted by Crippen LogP contribution is 2.27. The third-order valence-electron chi connectivity index (χ3n) is 4.59. The van der Waals surface area contributed by atoms with Crippen LogP contribution in [0.15, 0.2) is 48.9 Å². The smallest absolute Gasteiger partial charge is 0.168 e. The van der Waals surface area contributed by atoms with Gasteiger partial charge in [0.2, 0.25) is 0 Å². The molecule has 2 aromatic carbocycles. The molecular weight excluding hydrogens is 322 g/mol. The Morgan fingerprint density at radius 3 is 2.42 bits per heavy atom. The van der Waals surface area contributed by atoms with Crippen molar-refractivity contribution in [2.24, 2.45) is 0 Å². The summed E-state index contributed by atoms with van der Waals surface area (Å²) in [4.78, 5) is 8.91. The van der Waals surface area contributed by atoms with E-state index < -0.39 is 0 Å². The Labute approximate surface area is 152 Å². The highest BCUT2D eigenvalue weighted by molar-refractivity contribution is 5.89. The van der Waals surface area contributed by atoms with E-state index in [0.29, 0.717) is 0 Å². The lowest BCUT2D eigenvalue weighted by Gasteiger charge is -2.11. The number of aryl methyl sites for hydroxylation is 4. The van der Waals surface area contributed by atoms with Crippen LogP contribution in [0.3, 0.4) is 0 Å². The average molecular weight is 343 g/mol. The SMILES string of the molecule is Cc1ccc(-n2ncc3c(Nc4cc(C)ccc4C)ncnc32)c(C)c1. The molecule has 2 aromatic heterocycles. The van der Waals surface area contributed by atoms with Crippen LogP contribution in [0.5, 0.6) is 0 Å².